The Bertz CT molecular complexity index is 615. The van der Waals surface area contributed by atoms with Gasteiger partial charge in [0, 0.05) is 37.8 Å². The van der Waals surface area contributed by atoms with Crippen LogP contribution in [0.2, 0.25) is 0 Å². The molecule has 0 radical (unpaired) electrons. The predicted molar refractivity (Wildman–Crippen MR) is 93.1 cm³/mol. The fraction of sp³-hybridized carbons (Fsp3) is 0.632. The monoisotopic (exact) mass is 346 g/mol. The summed E-state index contributed by atoms with van der Waals surface area (Å²) in [4.78, 5) is 17.6. The van der Waals surface area contributed by atoms with E-state index < -0.39 is 0 Å². The molecule has 3 heterocycles. The number of benzene rings is 1. The van der Waals surface area contributed by atoms with Crippen LogP contribution in [0.4, 0.5) is 0 Å². The van der Waals surface area contributed by atoms with E-state index in [2.05, 4.69) is 9.80 Å². The van der Waals surface area contributed by atoms with E-state index in [1.165, 1.54) is 6.42 Å². The minimum absolute atomic E-state index is 0.116. The number of amides is 1. The van der Waals surface area contributed by atoms with Crippen LogP contribution in [0.25, 0.3) is 0 Å². The Labute approximate surface area is 148 Å². The molecule has 4 rings (SSSR count). The molecular weight excluding hydrogens is 320 g/mol. The average Bonchev–Trinajstić information content (AvgIpc) is 3.14. The van der Waals surface area contributed by atoms with Gasteiger partial charge in [-0.3, -0.25) is 9.69 Å². The number of rotatable bonds is 4. The lowest BCUT2D eigenvalue weighted by Gasteiger charge is -2.37. The van der Waals surface area contributed by atoms with Crippen molar-refractivity contribution in [2.24, 2.45) is 0 Å². The lowest BCUT2D eigenvalue weighted by molar-refractivity contribution is 0.0295. The van der Waals surface area contributed by atoms with Crippen molar-refractivity contribution >= 4 is 5.91 Å². The third kappa shape index (κ3) is 3.75. The molecule has 6 heteroatoms. The van der Waals surface area contributed by atoms with Gasteiger partial charge in [-0.25, -0.2) is 0 Å². The minimum atomic E-state index is 0.116. The predicted octanol–water partition coefficient (Wildman–Crippen LogP) is 2.13. The smallest absolute Gasteiger partial charge is 0.254 e. The number of morpholine rings is 1. The first-order valence-corrected chi connectivity index (χ1v) is 9.32. The van der Waals surface area contributed by atoms with E-state index in [0.29, 0.717) is 17.4 Å². The van der Waals surface area contributed by atoms with Crippen LogP contribution in [-0.2, 0) is 4.74 Å². The third-order valence-corrected chi connectivity index (χ3v) is 5.39. The Hall–Kier alpha value is -1.79. The van der Waals surface area contributed by atoms with Crippen LogP contribution in [-0.4, -0.2) is 67.9 Å². The van der Waals surface area contributed by atoms with E-state index in [1.807, 2.05) is 18.2 Å². The van der Waals surface area contributed by atoms with Crippen LogP contribution in [0.1, 0.15) is 36.0 Å². The Morgan fingerprint density at radius 1 is 1.08 bits per heavy atom. The summed E-state index contributed by atoms with van der Waals surface area (Å²) in [6.45, 7) is 5.78. The van der Waals surface area contributed by atoms with Crippen molar-refractivity contribution in [2.75, 3.05) is 46.2 Å². The zero-order chi connectivity index (χ0) is 17.1. The summed E-state index contributed by atoms with van der Waals surface area (Å²) < 4.78 is 16.2. The largest absolute Gasteiger partial charge is 0.454 e. The third-order valence-electron chi connectivity index (χ3n) is 5.39. The summed E-state index contributed by atoms with van der Waals surface area (Å²) in [5, 5.41) is 0. The van der Waals surface area contributed by atoms with Gasteiger partial charge in [-0.15, -0.1) is 0 Å². The summed E-state index contributed by atoms with van der Waals surface area (Å²) in [5.41, 5.74) is 0.697. The topological polar surface area (TPSA) is 51.2 Å². The first kappa shape index (κ1) is 16.7. The van der Waals surface area contributed by atoms with Gasteiger partial charge in [-0.1, -0.05) is 0 Å². The lowest BCUT2D eigenvalue weighted by Crippen LogP contribution is -2.46. The van der Waals surface area contributed by atoms with Crippen molar-refractivity contribution in [3.63, 3.8) is 0 Å². The van der Waals surface area contributed by atoms with Gasteiger partial charge in [-0.05, 0) is 43.9 Å². The molecular formula is C19H26N2O4. The highest BCUT2D eigenvalue weighted by Crippen LogP contribution is 2.33. The number of fused-ring (bicyclic) bond motifs is 1. The molecule has 1 amide bonds. The molecule has 1 aromatic carbocycles. The summed E-state index contributed by atoms with van der Waals surface area (Å²) in [7, 11) is 0. The van der Waals surface area contributed by atoms with E-state index >= 15 is 0 Å². The van der Waals surface area contributed by atoms with Crippen molar-refractivity contribution in [2.45, 2.75) is 31.7 Å². The van der Waals surface area contributed by atoms with Gasteiger partial charge in [-0.2, -0.15) is 0 Å². The number of carbonyl (C=O) groups is 1. The van der Waals surface area contributed by atoms with Crippen molar-refractivity contribution in [3.05, 3.63) is 23.8 Å². The molecule has 0 aliphatic carbocycles. The summed E-state index contributed by atoms with van der Waals surface area (Å²) >= 11 is 0. The zero-order valence-corrected chi connectivity index (χ0v) is 14.6. The lowest BCUT2D eigenvalue weighted by atomic mass is 9.97. The summed E-state index contributed by atoms with van der Waals surface area (Å²) in [5.74, 6) is 1.51. The van der Waals surface area contributed by atoms with Crippen LogP contribution >= 0.6 is 0 Å². The SMILES string of the molecule is O=C(c1ccc2c(c1)OCO2)N1CCCC[C@H]1CCN1CCOCC1. The maximum absolute atomic E-state index is 13.1. The van der Waals surface area contributed by atoms with E-state index in [-0.39, 0.29) is 12.7 Å². The molecule has 136 valence electrons. The van der Waals surface area contributed by atoms with Crippen LogP contribution in [0.15, 0.2) is 18.2 Å². The van der Waals surface area contributed by atoms with Gasteiger partial charge in [0.25, 0.3) is 5.91 Å². The Balaban J connectivity index is 1.41. The molecule has 0 bridgehead atoms. The molecule has 2 fully saturated rings. The molecule has 0 saturated carbocycles. The molecule has 3 aliphatic rings. The zero-order valence-electron chi connectivity index (χ0n) is 14.6. The number of ether oxygens (including phenoxy) is 3. The normalized spacial score (nSPS) is 23.7. The van der Waals surface area contributed by atoms with E-state index in [0.717, 1.165) is 64.4 Å². The summed E-state index contributed by atoms with van der Waals surface area (Å²) in [6.07, 6.45) is 4.43. The molecule has 1 aromatic rings. The molecule has 0 unspecified atom stereocenters. The number of hydrogen-bond acceptors (Lipinski definition) is 5. The fourth-order valence-electron chi connectivity index (χ4n) is 3.92. The highest BCUT2D eigenvalue weighted by atomic mass is 16.7. The second-order valence-electron chi connectivity index (χ2n) is 6.96. The summed E-state index contributed by atoms with van der Waals surface area (Å²) in [6, 6.07) is 5.83. The molecule has 25 heavy (non-hydrogen) atoms. The second-order valence-corrected chi connectivity index (χ2v) is 6.96. The van der Waals surface area contributed by atoms with E-state index in [9.17, 15) is 4.79 Å². The van der Waals surface area contributed by atoms with E-state index in [1.54, 1.807) is 0 Å². The van der Waals surface area contributed by atoms with Crippen LogP contribution < -0.4 is 9.47 Å². The van der Waals surface area contributed by atoms with Crippen LogP contribution in [0.5, 0.6) is 11.5 Å². The first-order valence-electron chi connectivity index (χ1n) is 9.32. The quantitative estimate of drug-likeness (QED) is 0.836. The van der Waals surface area contributed by atoms with Crippen LogP contribution in [0.3, 0.4) is 0 Å². The molecule has 0 aromatic heterocycles. The molecule has 6 nitrogen and oxygen atoms in total. The molecule has 3 aliphatic heterocycles. The Morgan fingerprint density at radius 3 is 2.80 bits per heavy atom. The Kier molecular flexibility index (Phi) is 5.08. The second kappa shape index (κ2) is 7.62. The van der Waals surface area contributed by atoms with Gasteiger partial charge in [0.1, 0.15) is 0 Å². The highest BCUT2D eigenvalue weighted by molar-refractivity contribution is 5.95. The average molecular weight is 346 g/mol. The van der Waals surface area contributed by atoms with Gasteiger partial charge >= 0.3 is 0 Å². The highest BCUT2D eigenvalue weighted by Gasteiger charge is 2.29. The number of likely N-dealkylation sites (tertiary alicyclic amines) is 1. The molecule has 0 N–H and O–H groups in total. The number of nitrogens with zero attached hydrogens (tertiary/aromatic N) is 2. The maximum Gasteiger partial charge on any atom is 0.254 e. The van der Waals surface area contributed by atoms with Crippen LogP contribution in [0, 0.1) is 0 Å². The number of carbonyl (C=O) groups excluding carboxylic acids is 1. The first-order chi connectivity index (χ1) is 12.3. The van der Waals surface area contributed by atoms with Crippen molar-refractivity contribution in [3.8, 4) is 11.5 Å². The van der Waals surface area contributed by atoms with Crippen molar-refractivity contribution in [1.82, 2.24) is 9.80 Å². The maximum atomic E-state index is 13.1. The molecule has 0 spiro atoms. The molecule has 1 atom stereocenters. The van der Waals surface area contributed by atoms with Gasteiger partial charge in [0.2, 0.25) is 6.79 Å². The minimum Gasteiger partial charge on any atom is -0.454 e. The van der Waals surface area contributed by atoms with Crippen molar-refractivity contribution < 1.29 is 19.0 Å². The van der Waals surface area contributed by atoms with Gasteiger partial charge in [0.05, 0.1) is 13.2 Å². The Morgan fingerprint density at radius 2 is 1.92 bits per heavy atom. The van der Waals surface area contributed by atoms with Crippen molar-refractivity contribution in [1.29, 1.82) is 0 Å². The standard InChI is InChI=1S/C19H26N2O4/c22-19(15-4-5-17-18(13-15)25-14-24-17)21-7-2-1-3-16(21)6-8-20-9-11-23-12-10-20/h4-5,13,16H,1-3,6-12,14H2/t16-/m0/s1. The van der Waals surface area contributed by atoms with Gasteiger partial charge < -0.3 is 19.1 Å². The van der Waals surface area contributed by atoms with E-state index in [4.69, 9.17) is 14.2 Å². The number of piperidine rings is 1. The fourth-order valence-corrected chi connectivity index (χ4v) is 3.92. The van der Waals surface area contributed by atoms with Gasteiger partial charge in [0.15, 0.2) is 11.5 Å². The molecule has 2 saturated heterocycles. The number of hydrogen-bond donors (Lipinski definition) is 0.